The number of ether oxygens (including phenoxy) is 1. The Labute approximate surface area is 132 Å². The first-order valence-electron chi connectivity index (χ1n) is 7.54. The molecule has 1 aromatic rings. The minimum Gasteiger partial charge on any atom is -0.388 e. The summed E-state index contributed by atoms with van der Waals surface area (Å²) in [7, 11) is 1.99. The molecule has 21 heavy (non-hydrogen) atoms. The third kappa shape index (κ3) is 4.58. The standard InChI is InChI=1S/C16H25ClN2O2/c1-3-18-11-13-4-5-14(10-15(13)17)19(2)12-16(20)6-8-21-9-7-16/h4-5,10,18,20H,3,6-9,11-12H2,1-2H3. The van der Waals surface area contributed by atoms with E-state index in [4.69, 9.17) is 16.3 Å². The Morgan fingerprint density at radius 1 is 1.38 bits per heavy atom. The zero-order chi connectivity index (χ0) is 15.3. The first-order chi connectivity index (χ1) is 10.0. The maximum Gasteiger partial charge on any atom is 0.0865 e. The summed E-state index contributed by atoms with van der Waals surface area (Å²) in [6.45, 7) is 5.64. The first kappa shape index (κ1) is 16.6. The average molecular weight is 313 g/mol. The van der Waals surface area contributed by atoms with Crippen molar-refractivity contribution in [2.75, 3.05) is 38.3 Å². The lowest BCUT2D eigenvalue weighted by Gasteiger charge is -2.36. The van der Waals surface area contributed by atoms with Gasteiger partial charge >= 0.3 is 0 Å². The molecule has 0 unspecified atom stereocenters. The number of benzene rings is 1. The van der Waals surface area contributed by atoms with Gasteiger partial charge in [-0.15, -0.1) is 0 Å². The molecule has 0 saturated carbocycles. The zero-order valence-electron chi connectivity index (χ0n) is 12.9. The van der Waals surface area contributed by atoms with Crippen LogP contribution >= 0.6 is 11.6 Å². The fourth-order valence-corrected chi connectivity index (χ4v) is 2.86. The molecule has 1 saturated heterocycles. The van der Waals surface area contributed by atoms with Crippen molar-refractivity contribution in [3.05, 3.63) is 28.8 Å². The Hall–Kier alpha value is -0.810. The molecule has 1 aliphatic heterocycles. The highest BCUT2D eigenvalue weighted by Gasteiger charge is 2.31. The lowest BCUT2D eigenvalue weighted by Crippen LogP contribution is -2.45. The summed E-state index contributed by atoms with van der Waals surface area (Å²) < 4.78 is 5.32. The van der Waals surface area contributed by atoms with Gasteiger partial charge in [0.1, 0.15) is 0 Å². The van der Waals surface area contributed by atoms with E-state index in [1.54, 1.807) is 0 Å². The van der Waals surface area contributed by atoms with Crippen molar-refractivity contribution in [1.29, 1.82) is 0 Å². The SMILES string of the molecule is CCNCc1ccc(N(C)CC2(O)CCOCC2)cc1Cl. The van der Waals surface area contributed by atoms with E-state index in [0.717, 1.165) is 29.4 Å². The Morgan fingerprint density at radius 3 is 2.71 bits per heavy atom. The number of likely N-dealkylation sites (N-methyl/N-ethyl adjacent to an activating group) is 1. The van der Waals surface area contributed by atoms with Gasteiger partial charge in [-0.1, -0.05) is 24.6 Å². The van der Waals surface area contributed by atoms with Crippen molar-refractivity contribution in [3.63, 3.8) is 0 Å². The molecule has 0 radical (unpaired) electrons. The molecule has 1 fully saturated rings. The van der Waals surface area contributed by atoms with Gasteiger partial charge in [-0.2, -0.15) is 0 Å². The van der Waals surface area contributed by atoms with E-state index in [0.29, 0.717) is 32.6 Å². The summed E-state index contributed by atoms with van der Waals surface area (Å²) in [4.78, 5) is 2.06. The number of rotatable bonds is 6. The molecule has 1 heterocycles. The van der Waals surface area contributed by atoms with Crippen LogP contribution in [0.5, 0.6) is 0 Å². The highest BCUT2D eigenvalue weighted by molar-refractivity contribution is 6.31. The van der Waals surface area contributed by atoms with Crippen LogP contribution < -0.4 is 10.2 Å². The van der Waals surface area contributed by atoms with E-state index >= 15 is 0 Å². The van der Waals surface area contributed by atoms with Crippen molar-refractivity contribution in [1.82, 2.24) is 5.32 Å². The van der Waals surface area contributed by atoms with Crippen LogP contribution in [0.3, 0.4) is 0 Å². The van der Waals surface area contributed by atoms with Crippen LogP contribution in [0, 0.1) is 0 Å². The van der Waals surface area contributed by atoms with Gasteiger partial charge in [-0.25, -0.2) is 0 Å². The van der Waals surface area contributed by atoms with Crippen molar-refractivity contribution in [2.24, 2.45) is 0 Å². The van der Waals surface area contributed by atoms with Gasteiger partial charge in [0.25, 0.3) is 0 Å². The van der Waals surface area contributed by atoms with Crippen molar-refractivity contribution < 1.29 is 9.84 Å². The van der Waals surface area contributed by atoms with E-state index in [2.05, 4.69) is 23.2 Å². The molecule has 1 aromatic carbocycles. The van der Waals surface area contributed by atoms with E-state index in [1.165, 1.54) is 0 Å². The van der Waals surface area contributed by atoms with E-state index in [-0.39, 0.29) is 0 Å². The molecule has 0 spiro atoms. The smallest absolute Gasteiger partial charge is 0.0865 e. The largest absolute Gasteiger partial charge is 0.388 e. The summed E-state index contributed by atoms with van der Waals surface area (Å²) in [5, 5.41) is 14.6. The maximum absolute atomic E-state index is 10.6. The Bertz CT molecular complexity index is 462. The summed E-state index contributed by atoms with van der Waals surface area (Å²) in [6, 6.07) is 6.07. The van der Waals surface area contributed by atoms with Crippen LogP contribution in [0.15, 0.2) is 18.2 Å². The van der Waals surface area contributed by atoms with E-state index < -0.39 is 5.60 Å². The van der Waals surface area contributed by atoms with Gasteiger partial charge < -0.3 is 20.1 Å². The Kier molecular flexibility index (Phi) is 5.88. The van der Waals surface area contributed by atoms with Crippen LogP contribution in [0.25, 0.3) is 0 Å². The summed E-state index contributed by atoms with van der Waals surface area (Å²) in [5.41, 5.74) is 1.46. The van der Waals surface area contributed by atoms with E-state index in [9.17, 15) is 5.11 Å². The molecule has 118 valence electrons. The molecule has 0 amide bonds. The van der Waals surface area contributed by atoms with Crippen LogP contribution in [0.2, 0.25) is 5.02 Å². The molecular formula is C16H25ClN2O2. The van der Waals surface area contributed by atoms with Crippen LogP contribution in [0.4, 0.5) is 5.69 Å². The third-order valence-corrected chi connectivity index (χ3v) is 4.35. The van der Waals surface area contributed by atoms with E-state index in [1.807, 2.05) is 19.2 Å². The first-order valence-corrected chi connectivity index (χ1v) is 7.92. The molecule has 4 nitrogen and oxygen atoms in total. The van der Waals surface area contributed by atoms with Gasteiger partial charge in [-0.05, 0) is 24.2 Å². The number of anilines is 1. The lowest BCUT2D eigenvalue weighted by molar-refractivity contribution is -0.0572. The molecular weight excluding hydrogens is 288 g/mol. The van der Waals surface area contributed by atoms with Gasteiger partial charge in [0.2, 0.25) is 0 Å². The van der Waals surface area contributed by atoms with Gasteiger partial charge in [0.05, 0.1) is 5.60 Å². The minimum atomic E-state index is -0.665. The topological polar surface area (TPSA) is 44.7 Å². The third-order valence-electron chi connectivity index (χ3n) is 4.00. The molecule has 2 N–H and O–H groups in total. The quantitative estimate of drug-likeness (QED) is 0.847. The average Bonchev–Trinajstić information content (AvgIpc) is 2.46. The monoisotopic (exact) mass is 312 g/mol. The Morgan fingerprint density at radius 2 is 2.10 bits per heavy atom. The molecule has 0 bridgehead atoms. The van der Waals surface area contributed by atoms with Crippen molar-refractivity contribution >= 4 is 17.3 Å². The Balaban J connectivity index is 2.01. The van der Waals surface area contributed by atoms with Gasteiger partial charge in [-0.3, -0.25) is 0 Å². The predicted octanol–water partition coefficient (Wildman–Crippen LogP) is 2.43. The van der Waals surface area contributed by atoms with Crippen LogP contribution in [0.1, 0.15) is 25.3 Å². The fraction of sp³-hybridized carbons (Fsp3) is 0.625. The number of nitrogens with one attached hydrogen (secondary N) is 1. The fourth-order valence-electron chi connectivity index (χ4n) is 2.62. The predicted molar refractivity (Wildman–Crippen MR) is 87.1 cm³/mol. The number of halogens is 1. The van der Waals surface area contributed by atoms with Crippen molar-refractivity contribution in [3.8, 4) is 0 Å². The molecule has 2 rings (SSSR count). The summed E-state index contributed by atoms with van der Waals surface area (Å²) in [6.07, 6.45) is 1.37. The van der Waals surface area contributed by atoms with Gasteiger partial charge in [0.15, 0.2) is 0 Å². The molecule has 0 atom stereocenters. The normalized spacial score (nSPS) is 17.7. The van der Waals surface area contributed by atoms with Gasteiger partial charge in [0, 0.05) is 56.9 Å². The maximum atomic E-state index is 10.6. The number of aliphatic hydroxyl groups is 1. The second-order valence-corrected chi connectivity index (χ2v) is 6.16. The number of hydrogen-bond acceptors (Lipinski definition) is 4. The summed E-state index contributed by atoms with van der Waals surface area (Å²) in [5.74, 6) is 0. The van der Waals surface area contributed by atoms with Crippen LogP contribution in [-0.4, -0.2) is 44.1 Å². The van der Waals surface area contributed by atoms with Crippen LogP contribution in [-0.2, 0) is 11.3 Å². The molecule has 5 heteroatoms. The molecule has 1 aliphatic rings. The lowest BCUT2D eigenvalue weighted by atomic mass is 9.94. The minimum absolute atomic E-state index is 0.596. The number of hydrogen-bond donors (Lipinski definition) is 2. The highest BCUT2D eigenvalue weighted by Crippen LogP contribution is 2.27. The molecule has 0 aliphatic carbocycles. The second kappa shape index (κ2) is 7.45. The second-order valence-electron chi connectivity index (χ2n) is 5.75. The molecule has 0 aromatic heterocycles. The number of nitrogens with zero attached hydrogens (tertiary/aromatic N) is 1. The van der Waals surface area contributed by atoms with Crippen molar-refractivity contribution in [2.45, 2.75) is 31.9 Å². The highest BCUT2D eigenvalue weighted by atomic mass is 35.5. The zero-order valence-corrected chi connectivity index (χ0v) is 13.6. The summed E-state index contributed by atoms with van der Waals surface area (Å²) >= 11 is 6.34.